The lowest BCUT2D eigenvalue weighted by Crippen LogP contribution is -2.19. The lowest BCUT2D eigenvalue weighted by atomic mass is 10.2. The number of ether oxygens (including phenoxy) is 2. The molecule has 1 fully saturated rings. The van der Waals surface area contributed by atoms with E-state index in [4.69, 9.17) is 21.1 Å². The van der Waals surface area contributed by atoms with Crippen molar-refractivity contribution in [1.29, 1.82) is 0 Å². The molecule has 6 nitrogen and oxygen atoms in total. The molecule has 0 aliphatic carbocycles. The summed E-state index contributed by atoms with van der Waals surface area (Å²) in [5, 5.41) is 23.0. The Kier molecular flexibility index (Phi) is 7.18. The molecule has 0 amide bonds. The van der Waals surface area contributed by atoms with Gasteiger partial charge in [0.15, 0.2) is 4.34 Å². The molecule has 3 rings (SSSR count). The summed E-state index contributed by atoms with van der Waals surface area (Å²) >= 11 is 8.77. The van der Waals surface area contributed by atoms with Crippen LogP contribution in [0.25, 0.3) is 0 Å². The van der Waals surface area contributed by atoms with Gasteiger partial charge in [0, 0.05) is 23.9 Å². The zero-order chi connectivity index (χ0) is 17.5. The minimum Gasteiger partial charge on any atom is -0.491 e. The molecule has 1 saturated heterocycles. The second-order valence-corrected chi connectivity index (χ2v) is 8.30. The van der Waals surface area contributed by atoms with Gasteiger partial charge in [-0.15, -0.1) is 10.2 Å². The van der Waals surface area contributed by atoms with E-state index in [0.29, 0.717) is 16.5 Å². The van der Waals surface area contributed by atoms with Gasteiger partial charge in [-0.05, 0) is 37.1 Å². The number of halogens is 1. The molecule has 136 valence electrons. The van der Waals surface area contributed by atoms with E-state index in [1.54, 1.807) is 24.3 Å². The van der Waals surface area contributed by atoms with Crippen LogP contribution in [0.1, 0.15) is 12.8 Å². The molecule has 2 heterocycles. The number of rotatable bonds is 9. The van der Waals surface area contributed by atoms with Crippen LogP contribution < -0.4 is 10.1 Å². The number of benzene rings is 1. The van der Waals surface area contributed by atoms with Crippen molar-refractivity contribution in [3.05, 3.63) is 29.3 Å². The smallest absolute Gasteiger partial charge is 0.206 e. The van der Waals surface area contributed by atoms with Gasteiger partial charge in [-0.2, -0.15) is 0 Å². The average Bonchev–Trinajstić information content (AvgIpc) is 3.29. The predicted molar refractivity (Wildman–Crippen MR) is 101 cm³/mol. The van der Waals surface area contributed by atoms with Crippen LogP contribution in [0.4, 0.5) is 5.13 Å². The Morgan fingerprint density at radius 2 is 2.24 bits per heavy atom. The molecule has 9 heteroatoms. The molecule has 1 aromatic carbocycles. The first-order chi connectivity index (χ1) is 12.2. The van der Waals surface area contributed by atoms with E-state index in [2.05, 4.69) is 15.5 Å². The van der Waals surface area contributed by atoms with Crippen LogP contribution in [0, 0.1) is 0 Å². The molecule has 2 N–H and O–H groups in total. The maximum absolute atomic E-state index is 10.0. The molecular formula is C16H20ClN3O3S2. The van der Waals surface area contributed by atoms with Crippen molar-refractivity contribution in [2.75, 3.05) is 30.8 Å². The number of hydrogen-bond acceptors (Lipinski definition) is 8. The Labute approximate surface area is 159 Å². The number of hydrogen-bond donors (Lipinski definition) is 2. The number of nitrogens with zero attached hydrogens (tertiary/aromatic N) is 2. The minimum atomic E-state index is -0.590. The Hall–Kier alpha value is -1.06. The predicted octanol–water partition coefficient (Wildman–Crippen LogP) is 3.31. The van der Waals surface area contributed by atoms with Gasteiger partial charge in [0.2, 0.25) is 5.13 Å². The topological polar surface area (TPSA) is 76.5 Å². The van der Waals surface area contributed by atoms with Gasteiger partial charge in [0.1, 0.15) is 12.4 Å². The van der Waals surface area contributed by atoms with Crippen molar-refractivity contribution < 1.29 is 14.6 Å². The van der Waals surface area contributed by atoms with Crippen LogP contribution in [0.3, 0.4) is 0 Å². The van der Waals surface area contributed by atoms with Crippen molar-refractivity contribution in [3.63, 3.8) is 0 Å². The normalized spacial score (nSPS) is 18.2. The third-order valence-corrected chi connectivity index (χ3v) is 5.98. The fourth-order valence-corrected chi connectivity index (χ4v) is 4.10. The summed E-state index contributed by atoms with van der Waals surface area (Å²) in [5.74, 6) is 1.18. The molecule has 25 heavy (non-hydrogen) atoms. The highest BCUT2D eigenvalue weighted by molar-refractivity contribution is 8.01. The summed E-state index contributed by atoms with van der Waals surface area (Å²) in [6, 6.07) is 7.06. The highest BCUT2D eigenvalue weighted by atomic mass is 35.5. The zero-order valence-corrected chi connectivity index (χ0v) is 15.9. The fraction of sp³-hybridized carbons (Fsp3) is 0.500. The summed E-state index contributed by atoms with van der Waals surface area (Å²) in [4.78, 5) is 0. The van der Waals surface area contributed by atoms with Gasteiger partial charge in [0.05, 0.1) is 12.2 Å². The fourth-order valence-electron chi connectivity index (χ4n) is 2.28. The number of aliphatic hydroxyl groups excluding tert-OH is 1. The molecule has 2 atom stereocenters. The van der Waals surface area contributed by atoms with Crippen LogP contribution in [-0.2, 0) is 4.74 Å². The lowest BCUT2D eigenvalue weighted by Gasteiger charge is -2.11. The molecule has 0 bridgehead atoms. The highest BCUT2D eigenvalue weighted by Crippen LogP contribution is 2.26. The first kappa shape index (κ1) is 18.7. The summed E-state index contributed by atoms with van der Waals surface area (Å²) in [5.41, 5.74) is 0. The van der Waals surface area contributed by atoms with Crippen molar-refractivity contribution in [2.24, 2.45) is 0 Å². The summed E-state index contributed by atoms with van der Waals surface area (Å²) < 4.78 is 11.9. The average molecular weight is 402 g/mol. The van der Waals surface area contributed by atoms with Gasteiger partial charge in [0.25, 0.3) is 0 Å². The maximum Gasteiger partial charge on any atom is 0.206 e. The third-order valence-electron chi connectivity index (χ3n) is 3.57. The maximum atomic E-state index is 10.0. The quantitative estimate of drug-likeness (QED) is 0.624. The third kappa shape index (κ3) is 6.31. The lowest BCUT2D eigenvalue weighted by molar-refractivity contribution is 0.120. The molecular weight excluding hydrogens is 382 g/mol. The summed E-state index contributed by atoms with van der Waals surface area (Å²) in [6.45, 7) is 1.83. The molecule has 1 aromatic heterocycles. The summed E-state index contributed by atoms with van der Waals surface area (Å²) in [7, 11) is 0. The Morgan fingerprint density at radius 3 is 3.00 bits per heavy atom. The van der Waals surface area contributed by atoms with Crippen molar-refractivity contribution in [2.45, 2.75) is 29.4 Å². The summed E-state index contributed by atoms with van der Waals surface area (Å²) in [6.07, 6.45) is 1.90. The number of nitrogens with one attached hydrogen (secondary N) is 1. The Balaban J connectivity index is 1.35. The van der Waals surface area contributed by atoms with E-state index in [0.717, 1.165) is 35.5 Å². The van der Waals surface area contributed by atoms with Crippen LogP contribution >= 0.6 is 34.7 Å². The Bertz CT molecular complexity index is 650. The van der Waals surface area contributed by atoms with Crippen LogP contribution in [0.2, 0.25) is 5.02 Å². The van der Waals surface area contributed by atoms with E-state index in [1.165, 1.54) is 23.1 Å². The van der Waals surface area contributed by atoms with Crippen LogP contribution in [-0.4, -0.2) is 53.0 Å². The number of aromatic nitrogens is 2. The molecule has 1 aliphatic heterocycles. The van der Waals surface area contributed by atoms with Crippen molar-refractivity contribution in [3.8, 4) is 5.75 Å². The molecule has 0 spiro atoms. The molecule has 0 unspecified atom stereocenters. The number of aliphatic hydroxyl groups is 1. The van der Waals surface area contributed by atoms with Crippen molar-refractivity contribution in [1.82, 2.24) is 10.2 Å². The molecule has 2 aromatic rings. The van der Waals surface area contributed by atoms with E-state index < -0.39 is 6.10 Å². The van der Waals surface area contributed by atoms with Gasteiger partial charge in [-0.1, -0.05) is 34.7 Å². The van der Waals surface area contributed by atoms with E-state index in [1.807, 2.05) is 0 Å². The minimum absolute atomic E-state index is 0.220. The first-order valence-electron chi connectivity index (χ1n) is 8.07. The van der Waals surface area contributed by atoms with Crippen molar-refractivity contribution >= 4 is 39.8 Å². The van der Waals surface area contributed by atoms with Crippen LogP contribution in [0.5, 0.6) is 5.75 Å². The van der Waals surface area contributed by atoms with Gasteiger partial charge in [-0.25, -0.2) is 0 Å². The molecule has 0 saturated carbocycles. The second kappa shape index (κ2) is 9.59. The van der Waals surface area contributed by atoms with Crippen LogP contribution in [0.15, 0.2) is 28.6 Å². The zero-order valence-electron chi connectivity index (χ0n) is 13.6. The van der Waals surface area contributed by atoms with Gasteiger partial charge in [-0.3, -0.25) is 0 Å². The Morgan fingerprint density at radius 1 is 1.40 bits per heavy atom. The molecule has 0 radical (unpaired) electrons. The van der Waals surface area contributed by atoms with E-state index in [-0.39, 0.29) is 12.7 Å². The monoisotopic (exact) mass is 401 g/mol. The number of thioether (sulfide) groups is 1. The molecule has 1 aliphatic rings. The van der Waals surface area contributed by atoms with Gasteiger partial charge >= 0.3 is 0 Å². The largest absolute Gasteiger partial charge is 0.491 e. The second-order valence-electron chi connectivity index (χ2n) is 5.62. The van der Waals surface area contributed by atoms with E-state index >= 15 is 0 Å². The first-order valence-corrected chi connectivity index (χ1v) is 10.3. The number of anilines is 1. The van der Waals surface area contributed by atoms with Gasteiger partial charge < -0.3 is 19.9 Å². The SMILES string of the molecule is O[C@@H](COc1ccc(Cl)cc1)CSc1nnc(NC[C@@H]2CCCO2)s1. The van der Waals surface area contributed by atoms with E-state index in [9.17, 15) is 5.11 Å². The standard InChI is InChI=1S/C16H20ClN3O3S2/c17-11-3-5-13(6-4-11)23-9-12(21)10-24-16-20-19-15(25-16)18-8-14-2-1-7-22-14/h3-6,12,14,21H,1-2,7-10H2,(H,18,19)/t12-,14-/m0/s1. The highest BCUT2D eigenvalue weighted by Gasteiger charge is 2.16.